The van der Waals surface area contributed by atoms with Crippen molar-refractivity contribution in [3.8, 4) is 5.75 Å². The van der Waals surface area contributed by atoms with Gasteiger partial charge in [-0.1, -0.05) is 0 Å². The van der Waals surface area contributed by atoms with Gasteiger partial charge in [0.1, 0.15) is 5.75 Å². The third kappa shape index (κ3) is 4.14. The van der Waals surface area contributed by atoms with Gasteiger partial charge in [0.15, 0.2) is 0 Å². The quantitative estimate of drug-likeness (QED) is 0.856. The molecule has 0 bridgehead atoms. The highest BCUT2D eigenvalue weighted by molar-refractivity contribution is 7.98. The van der Waals surface area contributed by atoms with Crippen molar-refractivity contribution in [3.05, 3.63) is 24.3 Å². The minimum absolute atomic E-state index is 0.217. The van der Waals surface area contributed by atoms with Gasteiger partial charge in [-0.25, -0.2) is 4.40 Å². The zero-order valence-corrected chi connectivity index (χ0v) is 10.1. The first-order valence-corrected chi connectivity index (χ1v) is 6.22. The molecule has 1 aliphatic heterocycles. The Hall–Kier alpha value is -1.37. The lowest BCUT2D eigenvalue weighted by Gasteiger charge is -2.11. The number of alkyl halides is 3. The van der Waals surface area contributed by atoms with Crippen LogP contribution in [-0.2, 0) is 0 Å². The Labute approximate surface area is 107 Å². The molecule has 0 aromatic heterocycles. The number of anilines is 1. The molecule has 1 unspecified atom stereocenters. The Morgan fingerprint density at radius 1 is 1.33 bits per heavy atom. The summed E-state index contributed by atoms with van der Waals surface area (Å²) in [6.07, 6.45) is -2.77. The lowest BCUT2D eigenvalue weighted by Crippen LogP contribution is -2.17. The summed E-state index contributed by atoms with van der Waals surface area (Å²) in [4.78, 5) is 0. The molecular weight excluding hydrogens is 265 g/mol. The van der Waals surface area contributed by atoms with Crippen molar-refractivity contribution in [1.29, 1.82) is 0 Å². The summed E-state index contributed by atoms with van der Waals surface area (Å²) in [5, 5.41) is 3.14. The minimum Gasteiger partial charge on any atom is -0.406 e. The van der Waals surface area contributed by atoms with Gasteiger partial charge >= 0.3 is 6.36 Å². The summed E-state index contributed by atoms with van der Waals surface area (Å²) in [5.74, 6) is 1.08. The molecule has 1 aromatic rings. The molecule has 7 heteroatoms. The average Bonchev–Trinajstić information content (AvgIpc) is 2.79. The minimum atomic E-state index is -4.65. The monoisotopic (exact) mass is 276 g/mol. The maximum atomic E-state index is 11.9. The van der Waals surface area contributed by atoms with Crippen molar-refractivity contribution in [2.75, 3.05) is 17.6 Å². The van der Waals surface area contributed by atoms with Gasteiger partial charge in [0, 0.05) is 30.1 Å². The molecule has 0 saturated carbocycles. The average molecular weight is 276 g/mol. The van der Waals surface area contributed by atoms with E-state index in [1.165, 1.54) is 24.1 Å². The van der Waals surface area contributed by atoms with Gasteiger partial charge in [-0.15, -0.1) is 13.2 Å². The second-order valence-electron chi connectivity index (χ2n) is 3.76. The number of ether oxygens (including phenoxy) is 1. The molecule has 1 aliphatic rings. The summed E-state index contributed by atoms with van der Waals surface area (Å²) in [6.45, 7) is 0.718. The van der Waals surface area contributed by atoms with Crippen molar-refractivity contribution in [1.82, 2.24) is 0 Å². The molecule has 2 rings (SSSR count). The van der Waals surface area contributed by atoms with Crippen LogP contribution in [0, 0.1) is 5.92 Å². The summed E-state index contributed by atoms with van der Waals surface area (Å²) < 4.78 is 43.6. The van der Waals surface area contributed by atoms with Crippen LogP contribution in [0.3, 0.4) is 0 Å². The molecule has 0 saturated heterocycles. The highest BCUT2D eigenvalue weighted by Crippen LogP contribution is 2.24. The number of hydrogen-bond donors (Lipinski definition) is 1. The van der Waals surface area contributed by atoms with Crippen LogP contribution in [-0.4, -0.2) is 24.9 Å². The molecule has 0 spiro atoms. The number of rotatable bonds is 4. The van der Waals surface area contributed by atoms with Crippen molar-refractivity contribution >= 4 is 23.8 Å². The standard InChI is InChI=1S/C11H11F3N2OS/c12-11(13,14)17-10-3-1-9(2-4-10)15-5-8-6-16-18-7-8/h1-4,6,8,15H,5,7H2. The first-order chi connectivity index (χ1) is 8.53. The molecule has 0 amide bonds. The van der Waals surface area contributed by atoms with Crippen molar-refractivity contribution < 1.29 is 17.9 Å². The largest absolute Gasteiger partial charge is 0.573 e. The summed E-state index contributed by atoms with van der Waals surface area (Å²) in [7, 11) is 0. The van der Waals surface area contributed by atoms with Crippen molar-refractivity contribution in [3.63, 3.8) is 0 Å². The van der Waals surface area contributed by atoms with Crippen molar-refractivity contribution in [2.45, 2.75) is 6.36 Å². The molecule has 98 valence electrons. The molecule has 1 N–H and O–H groups in total. The van der Waals surface area contributed by atoms with E-state index in [0.29, 0.717) is 5.92 Å². The smallest absolute Gasteiger partial charge is 0.406 e. The second-order valence-corrected chi connectivity index (χ2v) is 4.57. The van der Waals surface area contributed by atoms with Gasteiger partial charge in [0.2, 0.25) is 0 Å². The summed E-state index contributed by atoms with van der Waals surface area (Å²) in [5.41, 5.74) is 0.759. The van der Waals surface area contributed by atoms with E-state index in [0.717, 1.165) is 18.0 Å². The third-order valence-corrected chi connectivity index (χ3v) is 3.14. The van der Waals surface area contributed by atoms with E-state index in [1.54, 1.807) is 12.1 Å². The molecule has 1 atom stereocenters. The number of hydrogen-bond acceptors (Lipinski definition) is 4. The van der Waals surface area contributed by atoms with Crippen LogP contribution in [0.2, 0.25) is 0 Å². The fourth-order valence-corrected chi connectivity index (χ4v) is 2.19. The van der Waals surface area contributed by atoms with Crippen LogP contribution in [0.25, 0.3) is 0 Å². The molecule has 0 aliphatic carbocycles. The van der Waals surface area contributed by atoms with Crippen molar-refractivity contribution in [2.24, 2.45) is 10.3 Å². The maximum absolute atomic E-state index is 11.9. The molecule has 3 nitrogen and oxygen atoms in total. The van der Waals surface area contributed by atoms with E-state index in [-0.39, 0.29) is 5.75 Å². The third-order valence-electron chi connectivity index (χ3n) is 2.29. The lowest BCUT2D eigenvalue weighted by molar-refractivity contribution is -0.274. The number of benzene rings is 1. The fourth-order valence-electron chi connectivity index (χ4n) is 1.45. The van der Waals surface area contributed by atoms with E-state index in [1.807, 2.05) is 6.21 Å². The maximum Gasteiger partial charge on any atom is 0.573 e. The van der Waals surface area contributed by atoms with Gasteiger partial charge < -0.3 is 10.1 Å². The van der Waals surface area contributed by atoms with E-state index >= 15 is 0 Å². The summed E-state index contributed by atoms with van der Waals surface area (Å²) in [6, 6.07) is 5.68. The number of nitrogens with zero attached hydrogens (tertiary/aromatic N) is 1. The molecule has 1 heterocycles. The van der Waals surface area contributed by atoms with Crippen LogP contribution < -0.4 is 10.1 Å². The Kier molecular flexibility index (Phi) is 4.00. The van der Waals surface area contributed by atoms with Gasteiger partial charge in [-0.05, 0) is 36.2 Å². The van der Waals surface area contributed by atoms with Crippen LogP contribution in [0.15, 0.2) is 28.7 Å². The van der Waals surface area contributed by atoms with E-state index in [4.69, 9.17) is 0 Å². The van der Waals surface area contributed by atoms with E-state index in [9.17, 15) is 13.2 Å². The Bertz CT molecular complexity index is 419. The molecule has 1 aromatic carbocycles. The Balaban J connectivity index is 1.85. The van der Waals surface area contributed by atoms with Gasteiger partial charge in [0.25, 0.3) is 0 Å². The van der Waals surface area contributed by atoms with Crippen LogP contribution >= 0.6 is 11.9 Å². The molecule has 0 fully saturated rings. The summed E-state index contributed by atoms with van der Waals surface area (Å²) >= 11 is 1.51. The fraction of sp³-hybridized carbons (Fsp3) is 0.364. The van der Waals surface area contributed by atoms with Gasteiger partial charge in [-0.3, -0.25) is 0 Å². The highest BCUT2D eigenvalue weighted by atomic mass is 32.2. The Morgan fingerprint density at radius 3 is 2.61 bits per heavy atom. The first-order valence-electron chi connectivity index (χ1n) is 5.28. The van der Waals surface area contributed by atoms with Crippen LogP contribution in [0.1, 0.15) is 0 Å². The SMILES string of the molecule is FC(F)(F)Oc1ccc(NCC2C=NSC2)cc1. The van der Waals surface area contributed by atoms with E-state index in [2.05, 4.69) is 14.5 Å². The highest BCUT2D eigenvalue weighted by Gasteiger charge is 2.30. The zero-order chi connectivity index (χ0) is 13.0. The zero-order valence-electron chi connectivity index (χ0n) is 9.28. The molecular formula is C11H11F3N2OS. The predicted molar refractivity (Wildman–Crippen MR) is 66.1 cm³/mol. The van der Waals surface area contributed by atoms with Gasteiger partial charge in [0.05, 0.1) is 0 Å². The van der Waals surface area contributed by atoms with Crippen LogP contribution in [0.5, 0.6) is 5.75 Å². The number of nitrogens with one attached hydrogen (secondary N) is 1. The predicted octanol–water partition coefficient (Wildman–Crippen LogP) is 3.35. The van der Waals surface area contributed by atoms with Crippen LogP contribution in [0.4, 0.5) is 18.9 Å². The molecule has 18 heavy (non-hydrogen) atoms. The topological polar surface area (TPSA) is 33.6 Å². The second kappa shape index (κ2) is 5.51. The Morgan fingerprint density at radius 2 is 2.06 bits per heavy atom. The number of halogens is 3. The van der Waals surface area contributed by atoms with E-state index < -0.39 is 6.36 Å². The molecule has 0 radical (unpaired) electrons. The van der Waals surface area contributed by atoms with Gasteiger partial charge in [-0.2, -0.15) is 0 Å². The lowest BCUT2D eigenvalue weighted by atomic mass is 10.2. The first kappa shape index (κ1) is 13.1. The normalized spacial score (nSPS) is 18.9.